The van der Waals surface area contributed by atoms with Crippen molar-refractivity contribution < 1.29 is 84.0 Å². The van der Waals surface area contributed by atoms with E-state index in [1.54, 1.807) is 14.0 Å². The molecule has 3 aliphatic rings. The van der Waals surface area contributed by atoms with E-state index in [1.807, 2.05) is 0 Å². The van der Waals surface area contributed by atoms with Crippen molar-refractivity contribution in [2.75, 3.05) is 27.7 Å². The van der Waals surface area contributed by atoms with Crippen molar-refractivity contribution in [1.82, 2.24) is 16.0 Å². The number of hydrogen-bond donors (Lipinski definition) is 18. The standard InChI is InChI=1S/C8H13NO2.C7H16N4O2.C5H10N2O3.C5H9NO4.C5H11NO2.C4H7NO2.C4H9NO2/c9-6-3-5-1-2-8(6,4-5)7(10)11;1-10-5(6(12)13)3-2-4-11-7(8)9;1-7-3(5(9)10)2-4(6)8;1-6-3(5(9)10)2-4(7)8;1-3-5(2,6)4(7)8;5-4(1-2-4)3(6)7;1-4(2,5)3(6)7/h5-6H,1-4,9H2,(H,10,11);5,10H,2-4H2,1H3,(H,12,13)(H4,8,9,11);3,7H,2H2,1H3,(H2,6,8)(H,9,10);3,6H,2H2,1H3,(H,7,8)(H,9,10);3,6H2,1-2H3,(H,7,8);1-2,5H2,(H,6,7);5H2,1-2H3,(H,6,7)/t;5-;2*3-;;;/m.000.../s1. The van der Waals surface area contributed by atoms with Gasteiger partial charge in [-0.3, -0.25) is 48.1 Å². The molecule has 3 saturated carbocycles. The van der Waals surface area contributed by atoms with Crippen LogP contribution in [0.4, 0.5) is 0 Å². The number of aliphatic imine (C=N–C) groups is 1. The van der Waals surface area contributed by atoms with E-state index in [4.69, 9.17) is 81.0 Å². The van der Waals surface area contributed by atoms with Crippen molar-refractivity contribution in [3.05, 3.63) is 0 Å². The van der Waals surface area contributed by atoms with Gasteiger partial charge in [-0.25, -0.2) is 0 Å². The van der Waals surface area contributed by atoms with Crippen molar-refractivity contribution in [3.63, 3.8) is 0 Å². The number of hydrogen-bond acceptors (Lipinski definition) is 17. The molecule has 3 aliphatic carbocycles. The quantitative estimate of drug-likeness (QED) is 0.0340. The molecule has 28 heteroatoms. The number of carboxylic acid groups (broad SMARTS) is 8. The molecule has 66 heavy (non-hydrogen) atoms. The summed E-state index contributed by atoms with van der Waals surface area (Å²) in [5, 5.41) is 74.5. The molecule has 3 rings (SSSR count). The number of likely N-dealkylation sites (N-methyl/N-ethyl adjacent to an activating group) is 3. The normalized spacial score (nSPS) is 20.0. The van der Waals surface area contributed by atoms with Gasteiger partial charge in [-0.2, -0.15) is 0 Å². The zero-order valence-corrected chi connectivity index (χ0v) is 38.6. The summed E-state index contributed by atoms with van der Waals surface area (Å²) in [6.45, 7) is 6.59. The lowest BCUT2D eigenvalue weighted by Gasteiger charge is -2.27. The lowest BCUT2D eigenvalue weighted by Crippen LogP contribution is -2.43. The largest absolute Gasteiger partial charge is 0.481 e. The molecule has 0 aromatic heterocycles. The zero-order valence-electron chi connectivity index (χ0n) is 38.6. The molecule has 0 heterocycles. The molecule has 3 fully saturated rings. The van der Waals surface area contributed by atoms with Crippen LogP contribution in [0.15, 0.2) is 4.99 Å². The second kappa shape index (κ2) is 32.0. The Morgan fingerprint density at radius 1 is 0.697 bits per heavy atom. The number of carboxylic acids is 8. The predicted octanol–water partition coefficient (Wildman–Crippen LogP) is -3.46. The lowest BCUT2D eigenvalue weighted by molar-refractivity contribution is -0.149. The molecule has 1 amide bonds. The van der Waals surface area contributed by atoms with E-state index in [0.29, 0.717) is 44.6 Å². The number of nitrogens with zero attached hydrogens (tertiary/aromatic N) is 1. The van der Waals surface area contributed by atoms with E-state index < -0.39 is 100 Å². The summed E-state index contributed by atoms with van der Waals surface area (Å²) in [5.41, 5.74) is 32.8. The highest BCUT2D eigenvalue weighted by atomic mass is 16.4. The van der Waals surface area contributed by atoms with Crippen LogP contribution in [0.3, 0.4) is 0 Å². The molecular weight excluding hydrogens is 882 g/mol. The van der Waals surface area contributed by atoms with Gasteiger partial charge in [0, 0.05) is 12.6 Å². The summed E-state index contributed by atoms with van der Waals surface area (Å²) in [4.78, 5) is 95.6. The maximum Gasteiger partial charge on any atom is 0.323 e. The van der Waals surface area contributed by atoms with Crippen molar-refractivity contribution >= 4 is 59.6 Å². The van der Waals surface area contributed by atoms with Gasteiger partial charge in [0.15, 0.2) is 5.96 Å². The molecule has 0 aromatic rings. The Bertz CT molecular complexity index is 1570. The molecule has 0 saturated heterocycles. The Morgan fingerprint density at radius 3 is 1.27 bits per heavy atom. The molecule has 384 valence electrons. The van der Waals surface area contributed by atoms with E-state index in [0.717, 1.165) is 25.7 Å². The minimum atomic E-state index is -1.15. The smallest absolute Gasteiger partial charge is 0.323 e. The van der Waals surface area contributed by atoms with Crippen LogP contribution in [0.2, 0.25) is 0 Å². The predicted molar refractivity (Wildman–Crippen MR) is 238 cm³/mol. The van der Waals surface area contributed by atoms with E-state index in [1.165, 1.54) is 34.9 Å². The number of carbonyl (C=O) groups excluding carboxylic acids is 1. The molecule has 2 bridgehead atoms. The monoisotopic (exact) mass is 958 g/mol. The average molecular weight is 958 g/mol. The van der Waals surface area contributed by atoms with Gasteiger partial charge in [-0.05, 0) is 106 Å². The molecule has 0 spiro atoms. The minimum absolute atomic E-state index is 0.0383. The number of aliphatic carboxylic acids is 8. The summed E-state index contributed by atoms with van der Waals surface area (Å²) in [5.74, 6) is -7.65. The Morgan fingerprint density at radius 2 is 1.12 bits per heavy atom. The number of rotatable bonds is 19. The third kappa shape index (κ3) is 29.6. The van der Waals surface area contributed by atoms with E-state index >= 15 is 0 Å². The summed E-state index contributed by atoms with van der Waals surface area (Å²) in [7, 11) is 4.48. The van der Waals surface area contributed by atoms with Crippen LogP contribution in [0.25, 0.3) is 0 Å². The number of guanidine groups is 1. The van der Waals surface area contributed by atoms with Gasteiger partial charge in [0.05, 0.1) is 18.3 Å². The van der Waals surface area contributed by atoms with Gasteiger partial charge in [-0.15, -0.1) is 0 Å². The summed E-state index contributed by atoms with van der Waals surface area (Å²) in [6, 6.07) is -2.46. The first-order chi connectivity index (χ1) is 30.0. The minimum Gasteiger partial charge on any atom is -0.481 e. The van der Waals surface area contributed by atoms with Crippen LogP contribution in [-0.2, 0) is 43.2 Å². The number of carbonyl (C=O) groups is 9. The molecule has 28 nitrogen and oxygen atoms in total. The maximum absolute atomic E-state index is 10.9. The summed E-state index contributed by atoms with van der Waals surface area (Å²) < 4.78 is 0. The molecule has 0 aliphatic heterocycles. The number of nitrogens with two attached hydrogens (primary N) is 7. The first-order valence-electron chi connectivity index (χ1n) is 20.3. The highest BCUT2D eigenvalue weighted by Crippen LogP contribution is 2.53. The fourth-order valence-electron chi connectivity index (χ4n) is 5.05. The second-order valence-corrected chi connectivity index (χ2v) is 16.2. The number of amides is 1. The maximum atomic E-state index is 10.9. The van der Waals surface area contributed by atoms with Crippen LogP contribution < -0.4 is 56.1 Å². The topological polar surface area (TPSA) is 546 Å². The molecule has 0 aromatic carbocycles. The fourth-order valence-corrected chi connectivity index (χ4v) is 5.05. The van der Waals surface area contributed by atoms with E-state index in [9.17, 15) is 43.2 Å². The van der Waals surface area contributed by atoms with Gasteiger partial charge in [0.2, 0.25) is 5.91 Å². The highest BCUT2D eigenvalue weighted by molar-refractivity contribution is 5.83. The first kappa shape index (κ1) is 66.8. The molecule has 25 N–H and O–H groups in total. The van der Waals surface area contributed by atoms with E-state index in [-0.39, 0.29) is 18.4 Å². The van der Waals surface area contributed by atoms with Gasteiger partial charge in [0.25, 0.3) is 0 Å². The average Bonchev–Trinajstić information content (AvgIpc) is 3.67. The fraction of sp³-hybridized carbons (Fsp3) is 0.737. The van der Waals surface area contributed by atoms with Crippen LogP contribution in [0.1, 0.15) is 98.3 Å². The summed E-state index contributed by atoms with van der Waals surface area (Å²) >= 11 is 0. The van der Waals surface area contributed by atoms with Crippen LogP contribution in [0, 0.1) is 11.3 Å². The SMILES string of the molecule is CC(C)(N)C(=O)O.CCC(C)(N)C(=O)O.CN[C@@H](CC(=O)O)C(=O)O.CN[C@@H](CC(N)=O)C(=O)O.CN[C@@H](CCCN=C(N)N)C(=O)O.NC1(C(=O)O)CC1.NC1CC2CCC1(C(=O)O)C2. The number of nitrogens with one attached hydrogen (secondary N) is 3. The Hall–Kier alpha value is -5.78. The Kier molecular flexibility index (Phi) is 32.4. The third-order valence-corrected chi connectivity index (χ3v) is 10.0. The molecular formula is C38H75N11O17. The second-order valence-electron chi connectivity index (χ2n) is 16.2. The number of fused-ring (bicyclic) bond motifs is 2. The van der Waals surface area contributed by atoms with Crippen molar-refractivity contribution in [1.29, 1.82) is 0 Å². The van der Waals surface area contributed by atoms with Crippen molar-refractivity contribution in [2.24, 2.45) is 56.5 Å². The first-order valence-corrected chi connectivity index (χ1v) is 20.3. The molecule has 0 radical (unpaired) electrons. The van der Waals surface area contributed by atoms with Gasteiger partial charge in [-0.1, -0.05) is 6.92 Å². The van der Waals surface area contributed by atoms with Crippen LogP contribution in [-0.4, -0.2) is 169 Å². The number of primary amides is 1. The van der Waals surface area contributed by atoms with Crippen LogP contribution >= 0.6 is 0 Å². The molecule has 7 atom stereocenters. The van der Waals surface area contributed by atoms with Gasteiger partial charge < -0.3 is 96.9 Å². The van der Waals surface area contributed by atoms with Crippen LogP contribution in [0.5, 0.6) is 0 Å². The molecule has 4 unspecified atom stereocenters. The van der Waals surface area contributed by atoms with Gasteiger partial charge >= 0.3 is 47.8 Å². The zero-order chi connectivity index (χ0) is 53.0. The van der Waals surface area contributed by atoms with E-state index in [2.05, 4.69) is 20.9 Å². The Labute approximate surface area is 382 Å². The summed E-state index contributed by atoms with van der Waals surface area (Å²) in [6.07, 6.45) is 5.95. The third-order valence-electron chi connectivity index (χ3n) is 10.0. The van der Waals surface area contributed by atoms with Crippen molar-refractivity contribution in [2.45, 2.75) is 139 Å². The Balaban J connectivity index is -0.000000343. The lowest BCUT2D eigenvalue weighted by atomic mass is 9.80. The van der Waals surface area contributed by atoms with Gasteiger partial charge in [0.1, 0.15) is 34.7 Å². The van der Waals surface area contributed by atoms with Crippen molar-refractivity contribution in [3.8, 4) is 0 Å². The highest BCUT2D eigenvalue weighted by Gasteiger charge is 2.55.